The number of unbranched alkanes of at least 4 members (excludes halogenated alkanes) is 2. The lowest BCUT2D eigenvalue weighted by Gasteiger charge is -2.18. The standard InChI is InChI=1S/C15H20O/c1-3-5-7-10-13(4-2)15(16)14-11-8-6-9-12-14/h2,6,8-9,11-13,15-16H,3,5,7,10H2,1H3/t13-,15+/m0/s1. The first kappa shape index (κ1) is 12.8. The maximum atomic E-state index is 10.1. The second-order valence-corrected chi connectivity index (χ2v) is 4.12. The Morgan fingerprint density at radius 1 is 1.25 bits per heavy atom. The van der Waals surface area contributed by atoms with Crippen LogP contribution in [0.4, 0.5) is 0 Å². The van der Waals surface area contributed by atoms with Crippen molar-refractivity contribution in [3.05, 3.63) is 35.9 Å². The highest BCUT2D eigenvalue weighted by Crippen LogP contribution is 2.25. The summed E-state index contributed by atoms with van der Waals surface area (Å²) in [5.74, 6) is 2.65. The quantitative estimate of drug-likeness (QED) is 0.569. The predicted molar refractivity (Wildman–Crippen MR) is 67.9 cm³/mol. The van der Waals surface area contributed by atoms with Crippen LogP contribution >= 0.6 is 0 Å². The summed E-state index contributed by atoms with van der Waals surface area (Å²) in [6, 6.07) is 9.65. The number of aliphatic hydroxyl groups excluding tert-OH is 1. The van der Waals surface area contributed by atoms with Crippen LogP contribution in [0.3, 0.4) is 0 Å². The molecule has 0 aliphatic heterocycles. The normalized spacial score (nSPS) is 14.1. The van der Waals surface area contributed by atoms with Crippen molar-refractivity contribution in [3.8, 4) is 12.3 Å². The van der Waals surface area contributed by atoms with E-state index in [2.05, 4.69) is 12.8 Å². The van der Waals surface area contributed by atoms with E-state index in [0.717, 1.165) is 18.4 Å². The summed E-state index contributed by atoms with van der Waals surface area (Å²) < 4.78 is 0. The van der Waals surface area contributed by atoms with E-state index in [1.165, 1.54) is 12.8 Å². The number of rotatable bonds is 6. The Kier molecular flexibility index (Phi) is 5.67. The molecule has 0 aromatic heterocycles. The van der Waals surface area contributed by atoms with E-state index in [9.17, 15) is 5.11 Å². The molecular formula is C15H20O. The summed E-state index contributed by atoms with van der Waals surface area (Å²) in [4.78, 5) is 0. The molecular weight excluding hydrogens is 196 g/mol. The Hall–Kier alpha value is -1.26. The van der Waals surface area contributed by atoms with Gasteiger partial charge in [-0.15, -0.1) is 12.3 Å². The van der Waals surface area contributed by atoms with Crippen LogP contribution in [-0.4, -0.2) is 5.11 Å². The zero-order valence-electron chi connectivity index (χ0n) is 9.89. The molecule has 86 valence electrons. The SMILES string of the molecule is C#C[C@@H](CCCCC)[C@@H](O)c1ccccc1. The lowest BCUT2D eigenvalue weighted by atomic mass is 9.91. The Bertz CT molecular complexity index is 323. The van der Waals surface area contributed by atoms with Gasteiger partial charge in [-0.25, -0.2) is 0 Å². The first-order valence-corrected chi connectivity index (χ1v) is 5.98. The van der Waals surface area contributed by atoms with E-state index in [1.54, 1.807) is 0 Å². The van der Waals surface area contributed by atoms with Gasteiger partial charge in [0.15, 0.2) is 0 Å². The van der Waals surface area contributed by atoms with E-state index >= 15 is 0 Å². The van der Waals surface area contributed by atoms with Crippen LogP contribution in [0.1, 0.15) is 44.3 Å². The number of hydrogen-bond donors (Lipinski definition) is 1. The van der Waals surface area contributed by atoms with Crippen molar-refractivity contribution in [2.45, 2.75) is 38.7 Å². The van der Waals surface area contributed by atoms with Gasteiger partial charge in [-0.3, -0.25) is 0 Å². The summed E-state index contributed by atoms with van der Waals surface area (Å²) >= 11 is 0. The van der Waals surface area contributed by atoms with Gasteiger partial charge in [0.2, 0.25) is 0 Å². The van der Waals surface area contributed by atoms with E-state index in [4.69, 9.17) is 6.42 Å². The first-order valence-electron chi connectivity index (χ1n) is 5.98. The fourth-order valence-corrected chi connectivity index (χ4v) is 1.83. The first-order chi connectivity index (χ1) is 7.79. The fraction of sp³-hybridized carbons (Fsp3) is 0.467. The van der Waals surface area contributed by atoms with E-state index < -0.39 is 6.10 Å². The molecule has 2 atom stereocenters. The summed E-state index contributed by atoms with van der Waals surface area (Å²) in [5.41, 5.74) is 0.918. The summed E-state index contributed by atoms with van der Waals surface area (Å²) in [6.07, 6.45) is 9.31. The van der Waals surface area contributed by atoms with Crippen LogP contribution in [0.25, 0.3) is 0 Å². The smallest absolute Gasteiger partial charge is 0.0927 e. The monoisotopic (exact) mass is 216 g/mol. The molecule has 0 amide bonds. The molecule has 0 unspecified atom stereocenters. The molecule has 0 spiro atoms. The number of aliphatic hydroxyl groups is 1. The molecule has 1 nitrogen and oxygen atoms in total. The van der Waals surface area contributed by atoms with Crippen molar-refractivity contribution in [1.29, 1.82) is 0 Å². The number of hydrogen-bond acceptors (Lipinski definition) is 1. The molecule has 0 bridgehead atoms. The minimum atomic E-state index is -0.525. The molecule has 1 N–H and O–H groups in total. The van der Waals surface area contributed by atoms with Crippen LogP contribution in [0.5, 0.6) is 0 Å². The van der Waals surface area contributed by atoms with Gasteiger partial charge in [0.25, 0.3) is 0 Å². The van der Waals surface area contributed by atoms with Gasteiger partial charge >= 0.3 is 0 Å². The largest absolute Gasteiger partial charge is 0.387 e. The molecule has 1 rings (SSSR count). The number of terminal acetylenes is 1. The van der Waals surface area contributed by atoms with Crippen LogP contribution < -0.4 is 0 Å². The second kappa shape index (κ2) is 7.09. The van der Waals surface area contributed by atoms with E-state index in [-0.39, 0.29) is 5.92 Å². The molecule has 1 aromatic rings. The van der Waals surface area contributed by atoms with Gasteiger partial charge in [-0.2, -0.15) is 0 Å². The highest BCUT2D eigenvalue weighted by Gasteiger charge is 2.17. The Balaban J connectivity index is 2.57. The predicted octanol–water partition coefficient (Wildman–Crippen LogP) is 3.55. The average molecular weight is 216 g/mol. The summed E-state index contributed by atoms with van der Waals surface area (Å²) in [6.45, 7) is 2.17. The molecule has 1 heteroatoms. The van der Waals surface area contributed by atoms with Crippen molar-refractivity contribution >= 4 is 0 Å². The van der Waals surface area contributed by atoms with Crippen molar-refractivity contribution < 1.29 is 5.11 Å². The lowest BCUT2D eigenvalue weighted by Crippen LogP contribution is -2.10. The average Bonchev–Trinajstić information content (AvgIpc) is 2.35. The molecule has 0 aliphatic rings. The number of benzene rings is 1. The third-order valence-electron chi connectivity index (χ3n) is 2.85. The maximum absolute atomic E-state index is 10.1. The zero-order valence-corrected chi connectivity index (χ0v) is 9.89. The third kappa shape index (κ3) is 3.72. The highest BCUT2D eigenvalue weighted by atomic mass is 16.3. The minimum absolute atomic E-state index is 0.0612. The van der Waals surface area contributed by atoms with Gasteiger partial charge in [-0.05, 0) is 12.0 Å². The molecule has 16 heavy (non-hydrogen) atoms. The van der Waals surface area contributed by atoms with Crippen LogP contribution in [0.15, 0.2) is 30.3 Å². The molecule has 0 saturated carbocycles. The topological polar surface area (TPSA) is 20.2 Å². The van der Waals surface area contributed by atoms with Crippen molar-refractivity contribution in [1.82, 2.24) is 0 Å². The highest BCUT2D eigenvalue weighted by molar-refractivity contribution is 5.20. The van der Waals surface area contributed by atoms with Crippen molar-refractivity contribution in [3.63, 3.8) is 0 Å². The van der Waals surface area contributed by atoms with Crippen LogP contribution in [-0.2, 0) is 0 Å². The van der Waals surface area contributed by atoms with E-state index in [0.29, 0.717) is 0 Å². The van der Waals surface area contributed by atoms with Crippen molar-refractivity contribution in [2.75, 3.05) is 0 Å². The van der Waals surface area contributed by atoms with Gasteiger partial charge in [0.1, 0.15) is 0 Å². The van der Waals surface area contributed by atoms with E-state index in [1.807, 2.05) is 30.3 Å². The van der Waals surface area contributed by atoms with Crippen LogP contribution in [0.2, 0.25) is 0 Å². The summed E-state index contributed by atoms with van der Waals surface area (Å²) in [5, 5.41) is 10.1. The Labute approximate surface area is 98.5 Å². The molecule has 0 saturated heterocycles. The fourth-order valence-electron chi connectivity index (χ4n) is 1.83. The molecule has 0 radical (unpaired) electrons. The summed E-state index contributed by atoms with van der Waals surface area (Å²) in [7, 11) is 0. The molecule has 1 aromatic carbocycles. The van der Waals surface area contributed by atoms with Crippen molar-refractivity contribution in [2.24, 2.45) is 5.92 Å². The van der Waals surface area contributed by atoms with Gasteiger partial charge in [0.05, 0.1) is 12.0 Å². The van der Waals surface area contributed by atoms with Crippen LogP contribution in [0, 0.1) is 18.3 Å². The molecule has 0 heterocycles. The lowest BCUT2D eigenvalue weighted by molar-refractivity contribution is 0.130. The zero-order chi connectivity index (χ0) is 11.8. The Morgan fingerprint density at radius 3 is 2.50 bits per heavy atom. The van der Waals surface area contributed by atoms with Gasteiger partial charge < -0.3 is 5.11 Å². The molecule has 0 fully saturated rings. The Morgan fingerprint density at radius 2 is 1.94 bits per heavy atom. The third-order valence-corrected chi connectivity index (χ3v) is 2.85. The second-order valence-electron chi connectivity index (χ2n) is 4.12. The van der Waals surface area contributed by atoms with Gasteiger partial charge in [-0.1, -0.05) is 56.5 Å². The van der Waals surface area contributed by atoms with Gasteiger partial charge in [0, 0.05) is 0 Å². The minimum Gasteiger partial charge on any atom is -0.387 e. The molecule has 0 aliphatic carbocycles. The maximum Gasteiger partial charge on any atom is 0.0927 e.